The highest BCUT2D eigenvalue weighted by Crippen LogP contribution is 2.24. The van der Waals surface area contributed by atoms with Crippen LogP contribution in [0.4, 0.5) is 5.00 Å². The summed E-state index contributed by atoms with van der Waals surface area (Å²) >= 11 is 1.83. The topological polar surface area (TPSA) is 42.9 Å². The second-order valence-electron chi connectivity index (χ2n) is 7.89. The Morgan fingerprint density at radius 2 is 1.93 bits per heavy atom. The largest absolute Gasteiger partial charge is 0.363 e. The average molecular weight is 542 g/mol. The van der Waals surface area contributed by atoms with Crippen molar-refractivity contribution in [3.63, 3.8) is 0 Å². The van der Waals surface area contributed by atoms with Gasteiger partial charge >= 0.3 is 0 Å². The number of piperidine rings is 1. The molecule has 0 spiro atoms. The van der Waals surface area contributed by atoms with Crippen molar-refractivity contribution in [2.45, 2.75) is 44.8 Å². The number of guanidine groups is 1. The standard InChI is InChI=1S/C23H35N5S.HI/c1-19(27(3)18-20-8-5-4-6-9-20)11-14-25-23(24-2)26-21-12-15-28(16-13-21)22-10-7-17-29-22;/h4-10,17,19,21H,11-16,18H2,1-3H3,(H2,24,25,26);1H. The van der Waals surface area contributed by atoms with Crippen molar-refractivity contribution in [3.05, 3.63) is 53.4 Å². The fourth-order valence-electron chi connectivity index (χ4n) is 3.73. The van der Waals surface area contributed by atoms with Crippen LogP contribution in [0.2, 0.25) is 0 Å². The molecule has 0 radical (unpaired) electrons. The highest BCUT2D eigenvalue weighted by atomic mass is 127. The van der Waals surface area contributed by atoms with Gasteiger partial charge in [-0.1, -0.05) is 30.3 Å². The Morgan fingerprint density at radius 1 is 1.20 bits per heavy atom. The van der Waals surface area contributed by atoms with Crippen LogP contribution in [0, 0.1) is 0 Å². The number of nitrogens with zero attached hydrogens (tertiary/aromatic N) is 3. The zero-order chi connectivity index (χ0) is 20.5. The molecule has 1 aliphatic rings. The molecule has 1 unspecified atom stereocenters. The van der Waals surface area contributed by atoms with Crippen LogP contribution in [-0.4, -0.2) is 56.7 Å². The van der Waals surface area contributed by atoms with Crippen LogP contribution in [0.1, 0.15) is 31.7 Å². The molecule has 7 heteroatoms. The molecule has 1 aromatic heterocycles. The number of halogens is 1. The molecule has 2 N–H and O–H groups in total. The number of aliphatic imine (C=N–C) groups is 1. The Kier molecular flexibility index (Phi) is 11.0. The third kappa shape index (κ3) is 7.74. The summed E-state index contributed by atoms with van der Waals surface area (Å²) in [5, 5.41) is 10.7. The van der Waals surface area contributed by atoms with Crippen LogP contribution in [0.3, 0.4) is 0 Å². The molecule has 2 heterocycles. The molecule has 1 fully saturated rings. The zero-order valence-corrected chi connectivity index (χ0v) is 21.5. The molecule has 5 nitrogen and oxygen atoms in total. The van der Waals surface area contributed by atoms with Gasteiger partial charge in [-0.3, -0.25) is 9.89 Å². The van der Waals surface area contributed by atoms with Crippen molar-refractivity contribution in [1.82, 2.24) is 15.5 Å². The van der Waals surface area contributed by atoms with Crippen molar-refractivity contribution in [1.29, 1.82) is 0 Å². The third-order valence-electron chi connectivity index (χ3n) is 5.76. The van der Waals surface area contributed by atoms with Crippen LogP contribution < -0.4 is 15.5 Å². The smallest absolute Gasteiger partial charge is 0.191 e. The summed E-state index contributed by atoms with van der Waals surface area (Å²) in [6.07, 6.45) is 3.38. The maximum absolute atomic E-state index is 4.43. The van der Waals surface area contributed by atoms with Crippen molar-refractivity contribution in [2.75, 3.05) is 38.6 Å². The lowest BCUT2D eigenvalue weighted by Gasteiger charge is -2.33. The molecule has 1 saturated heterocycles. The van der Waals surface area contributed by atoms with E-state index in [4.69, 9.17) is 0 Å². The number of rotatable bonds is 8. The van der Waals surface area contributed by atoms with Gasteiger partial charge in [-0.2, -0.15) is 0 Å². The zero-order valence-electron chi connectivity index (χ0n) is 18.4. The van der Waals surface area contributed by atoms with E-state index in [0.717, 1.165) is 51.4 Å². The molecule has 0 bridgehead atoms. The van der Waals surface area contributed by atoms with Gasteiger partial charge in [0.15, 0.2) is 5.96 Å². The lowest BCUT2D eigenvalue weighted by molar-refractivity contribution is 0.238. The predicted molar refractivity (Wildman–Crippen MR) is 141 cm³/mol. The monoisotopic (exact) mass is 541 g/mol. The van der Waals surface area contributed by atoms with E-state index in [1.54, 1.807) is 0 Å². The van der Waals surface area contributed by atoms with Crippen LogP contribution in [0.25, 0.3) is 0 Å². The molecular formula is C23H36IN5S. The molecule has 1 aromatic carbocycles. The second-order valence-corrected chi connectivity index (χ2v) is 8.82. The van der Waals surface area contributed by atoms with Crippen molar-refractivity contribution < 1.29 is 0 Å². The van der Waals surface area contributed by atoms with E-state index in [0.29, 0.717) is 12.1 Å². The minimum atomic E-state index is 0. The molecule has 0 amide bonds. The normalized spacial score (nSPS) is 16.3. The second kappa shape index (κ2) is 13.2. The first-order valence-electron chi connectivity index (χ1n) is 10.7. The van der Waals surface area contributed by atoms with Crippen molar-refractivity contribution in [2.24, 2.45) is 4.99 Å². The van der Waals surface area contributed by atoms with Crippen LogP contribution in [0.15, 0.2) is 52.8 Å². The molecule has 2 aromatic rings. The number of benzene rings is 1. The highest BCUT2D eigenvalue weighted by molar-refractivity contribution is 14.0. The molecule has 30 heavy (non-hydrogen) atoms. The highest BCUT2D eigenvalue weighted by Gasteiger charge is 2.20. The van der Waals surface area contributed by atoms with Gasteiger partial charge in [0.2, 0.25) is 0 Å². The molecular weight excluding hydrogens is 505 g/mol. The Morgan fingerprint density at radius 3 is 2.57 bits per heavy atom. The van der Waals surface area contributed by atoms with E-state index >= 15 is 0 Å². The minimum absolute atomic E-state index is 0. The minimum Gasteiger partial charge on any atom is -0.363 e. The Bertz CT molecular complexity index is 729. The number of hydrogen-bond donors (Lipinski definition) is 2. The number of hydrogen-bond acceptors (Lipinski definition) is 4. The summed E-state index contributed by atoms with van der Waals surface area (Å²) in [6, 6.07) is 16.0. The molecule has 3 rings (SSSR count). The predicted octanol–water partition coefficient (Wildman–Crippen LogP) is 4.41. The van der Waals surface area contributed by atoms with Gasteiger partial charge in [-0.05, 0) is 56.3 Å². The quantitative estimate of drug-likeness (QED) is 0.295. The summed E-state index contributed by atoms with van der Waals surface area (Å²) < 4.78 is 0. The molecule has 1 atom stereocenters. The summed E-state index contributed by atoms with van der Waals surface area (Å²) in [7, 11) is 4.06. The van der Waals surface area contributed by atoms with Gasteiger partial charge in [0.05, 0.1) is 5.00 Å². The van der Waals surface area contributed by atoms with Gasteiger partial charge in [-0.25, -0.2) is 0 Å². The Labute approximate surface area is 203 Å². The first-order chi connectivity index (χ1) is 14.2. The van der Waals surface area contributed by atoms with E-state index < -0.39 is 0 Å². The first-order valence-corrected chi connectivity index (χ1v) is 11.5. The average Bonchev–Trinajstić information content (AvgIpc) is 3.29. The fourth-order valence-corrected chi connectivity index (χ4v) is 4.51. The first kappa shape index (κ1) is 24.9. The lowest BCUT2D eigenvalue weighted by atomic mass is 10.1. The SMILES string of the molecule is CN=C(NCCC(C)N(C)Cc1ccccc1)NC1CCN(c2cccs2)CC1.I. The summed E-state index contributed by atoms with van der Waals surface area (Å²) in [6.45, 7) is 6.42. The Balaban J connectivity index is 0.00000320. The molecule has 0 aliphatic carbocycles. The van der Waals surface area contributed by atoms with E-state index in [-0.39, 0.29) is 24.0 Å². The maximum atomic E-state index is 4.43. The summed E-state index contributed by atoms with van der Waals surface area (Å²) in [5.74, 6) is 0.928. The molecule has 0 saturated carbocycles. The van der Waals surface area contributed by atoms with Crippen molar-refractivity contribution >= 4 is 46.3 Å². The van der Waals surface area contributed by atoms with Gasteiger partial charge in [0, 0.05) is 45.3 Å². The van der Waals surface area contributed by atoms with E-state index in [9.17, 15) is 0 Å². The van der Waals surface area contributed by atoms with E-state index in [1.807, 2.05) is 18.4 Å². The maximum Gasteiger partial charge on any atom is 0.191 e. The van der Waals surface area contributed by atoms with Gasteiger partial charge in [0.1, 0.15) is 0 Å². The van der Waals surface area contributed by atoms with Crippen LogP contribution >= 0.6 is 35.3 Å². The Hall–Kier alpha value is -1.32. The number of thiophene rings is 1. The van der Waals surface area contributed by atoms with Gasteiger partial charge < -0.3 is 15.5 Å². The fraction of sp³-hybridized carbons (Fsp3) is 0.522. The number of nitrogens with one attached hydrogen (secondary N) is 2. The lowest BCUT2D eigenvalue weighted by Crippen LogP contribution is -2.49. The van der Waals surface area contributed by atoms with E-state index in [2.05, 4.69) is 87.2 Å². The molecule has 166 valence electrons. The van der Waals surface area contributed by atoms with Gasteiger partial charge in [-0.15, -0.1) is 35.3 Å². The van der Waals surface area contributed by atoms with Crippen LogP contribution in [0.5, 0.6) is 0 Å². The van der Waals surface area contributed by atoms with E-state index in [1.165, 1.54) is 10.6 Å². The summed E-state index contributed by atoms with van der Waals surface area (Å²) in [4.78, 5) is 9.33. The number of anilines is 1. The third-order valence-corrected chi connectivity index (χ3v) is 6.69. The van der Waals surface area contributed by atoms with Crippen molar-refractivity contribution in [3.8, 4) is 0 Å². The van der Waals surface area contributed by atoms with Crippen LogP contribution in [-0.2, 0) is 6.54 Å². The molecule has 1 aliphatic heterocycles. The van der Waals surface area contributed by atoms with Gasteiger partial charge in [0.25, 0.3) is 0 Å². The summed E-state index contributed by atoms with van der Waals surface area (Å²) in [5.41, 5.74) is 1.36.